The lowest BCUT2D eigenvalue weighted by Crippen LogP contribution is -2.21. The van der Waals surface area contributed by atoms with E-state index in [2.05, 4.69) is 35.6 Å². The lowest BCUT2D eigenvalue weighted by Gasteiger charge is -2.18. The second-order valence-corrected chi connectivity index (χ2v) is 5.33. The van der Waals surface area contributed by atoms with Crippen molar-refractivity contribution in [3.63, 3.8) is 0 Å². The van der Waals surface area contributed by atoms with Gasteiger partial charge in [-0.15, -0.1) is 0 Å². The van der Waals surface area contributed by atoms with Crippen LogP contribution in [-0.4, -0.2) is 16.1 Å². The minimum atomic E-state index is -0.189. The van der Waals surface area contributed by atoms with Crippen LogP contribution in [0.4, 0.5) is 4.39 Å². The van der Waals surface area contributed by atoms with Crippen LogP contribution in [0.1, 0.15) is 50.2 Å². The molecule has 1 heterocycles. The normalized spacial score (nSPS) is 12.6. The zero-order valence-corrected chi connectivity index (χ0v) is 13.1. The summed E-state index contributed by atoms with van der Waals surface area (Å²) in [6.45, 7) is 8.19. The van der Waals surface area contributed by atoms with E-state index in [4.69, 9.17) is 0 Å². The Labute approximate surface area is 126 Å². The molecule has 0 aliphatic rings. The van der Waals surface area contributed by atoms with E-state index < -0.39 is 0 Å². The molecule has 0 fully saturated rings. The average Bonchev–Trinajstić information content (AvgIpc) is 2.92. The summed E-state index contributed by atoms with van der Waals surface area (Å²) in [4.78, 5) is 4.39. The largest absolute Gasteiger partial charge is 0.335 e. The monoisotopic (exact) mass is 289 g/mol. The molecule has 1 aromatic heterocycles. The molecule has 0 saturated carbocycles. The standard InChI is InChI=1S/C17H24FN3/c1-4-8-19-13(3)16-7-6-15(18)11-14(16)12-17-20-9-10-21(17)5-2/h6-7,9-11,13,19H,4-5,8,12H2,1-3H3. The Kier molecular flexibility index (Phi) is 5.51. The molecule has 4 heteroatoms. The van der Waals surface area contributed by atoms with Crippen LogP contribution in [-0.2, 0) is 13.0 Å². The summed E-state index contributed by atoms with van der Waals surface area (Å²) < 4.78 is 15.7. The molecule has 21 heavy (non-hydrogen) atoms. The van der Waals surface area contributed by atoms with Gasteiger partial charge in [-0.1, -0.05) is 13.0 Å². The molecule has 1 aromatic carbocycles. The third-order valence-corrected chi connectivity index (χ3v) is 3.76. The second kappa shape index (κ2) is 7.36. The number of imidazole rings is 1. The first kappa shape index (κ1) is 15.7. The van der Waals surface area contributed by atoms with Crippen LogP contribution < -0.4 is 5.32 Å². The predicted molar refractivity (Wildman–Crippen MR) is 83.8 cm³/mol. The van der Waals surface area contributed by atoms with Crippen molar-refractivity contribution in [3.05, 3.63) is 53.4 Å². The van der Waals surface area contributed by atoms with Gasteiger partial charge in [0.05, 0.1) is 0 Å². The van der Waals surface area contributed by atoms with E-state index in [1.165, 1.54) is 6.07 Å². The van der Waals surface area contributed by atoms with Crippen LogP contribution in [0.5, 0.6) is 0 Å². The highest BCUT2D eigenvalue weighted by Gasteiger charge is 2.13. The van der Waals surface area contributed by atoms with Gasteiger partial charge in [-0.2, -0.15) is 0 Å². The average molecular weight is 289 g/mol. The first-order valence-corrected chi connectivity index (χ1v) is 7.67. The Morgan fingerprint density at radius 1 is 1.33 bits per heavy atom. The third-order valence-electron chi connectivity index (χ3n) is 3.76. The van der Waals surface area contributed by atoms with Gasteiger partial charge in [0.1, 0.15) is 11.6 Å². The molecule has 3 nitrogen and oxygen atoms in total. The maximum Gasteiger partial charge on any atom is 0.123 e. The van der Waals surface area contributed by atoms with Crippen molar-refractivity contribution in [2.75, 3.05) is 6.54 Å². The van der Waals surface area contributed by atoms with Crippen molar-refractivity contribution in [3.8, 4) is 0 Å². The molecule has 0 amide bonds. The molecule has 1 N–H and O–H groups in total. The molecule has 2 rings (SSSR count). The molecule has 2 aromatic rings. The van der Waals surface area contributed by atoms with E-state index in [9.17, 15) is 4.39 Å². The fourth-order valence-electron chi connectivity index (χ4n) is 2.59. The van der Waals surface area contributed by atoms with Gasteiger partial charge in [0.25, 0.3) is 0 Å². The SMILES string of the molecule is CCCNC(C)c1ccc(F)cc1Cc1nccn1CC. The summed E-state index contributed by atoms with van der Waals surface area (Å²) in [5.41, 5.74) is 2.16. The first-order valence-electron chi connectivity index (χ1n) is 7.67. The van der Waals surface area contributed by atoms with Crippen LogP contribution in [0.25, 0.3) is 0 Å². The maximum absolute atomic E-state index is 13.6. The van der Waals surface area contributed by atoms with Gasteiger partial charge in [-0.25, -0.2) is 9.37 Å². The fraction of sp³-hybridized carbons (Fsp3) is 0.471. The number of hydrogen-bond donors (Lipinski definition) is 1. The van der Waals surface area contributed by atoms with Gasteiger partial charge in [-0.05, 0) is 50.1 Å². The molecule has 0 aliphatic carbocycles. The molecule has 0 bridgehead atoms. The van der Waals surface area contributed by atoms with Gasteiger partial charge < -0.3 is 9.88 Å². The van der Waals surface area contributed by atoms with E-state index in [1.54, 1.807) is 12.3 Å². The minimum Gasteiger partial charge on any atom is -0.335 e. The van der Waals surface area contributed by atoms with Crippen LogP contribution in [0.15, 0.2) is 30.6 Å². The highest BCUT2D eigenvalue weighted by atomic mass is 19.1. The Bertz CT molecular complexity index is 577. The van der Waals surface area contributed by atoms with Gasteiger partial charge in [0, 0.05) is 31.4 Å². The number of aryl methyl sites for hydroxylation is 1. The third kappa shape index (κ3) is 3.91. The first-order chi connectivity index (χ1) is 10.2. The lowest BCUT2D eigenvalue weighted by molar-refractivity contribution is 0.562. The zero-order chi connectivity index (χ0) is 15.2. The van der Waals surface area contributed by atoms with Crippen LogP contribution in [0, 0.1) is 5.82 Å². The summed E-state index contributed by atoms with van der Waals surface area (Å²) in [5.74, 6) is 0.790. The van der Waals surface area contributed by atoms with E-state index in [0.29, 0.717) is 6.42 Å². The number of rotatable bonds is 7. The van der Waals surface area contributed by atoms with Gasteiger partial charge in [-0.3, -0.25) is 0 Å². The molecular formula is C17H24FN3. The molecule has 0 aliphatic heterocycles. The maximum atomic E-state index is 13.6. The highest BCUT2D eigenvalue weighted by Crippen LogP contribution is 2.22. The van der Waals surface area contributed by atoms with Crippen molar-refractivity contribution in [2.45, 2.75) is 46.2 Å². The van der Waals surface area contributed by atoms with Crippen molar-refractivity contribution in [1.29, 1.82) is 0 Å². The molecule has 0 spiro atoms. The van der Waals surface area contributed by atoms with Gasteiger partial charge >= 0.3 is 0 Å². The van der Waals surface area contributed by atoms with Gasteiger partial charge in [0.15, 0.2) is 0 Å². The molecule has 1 unspecified atom stereocenters. The van der Waals surface area contributed by atoms with Crippen molar-refractivity contribution < 1.29 is 4.39 Å². The molecule has 0 radical (unpaired) electrons. The van der Waals surface area contributed by atoms with Crippen LogP contribution >= 0.6 is 0 Å². The molecule has 0 saturated heterocycles. The van der Waals surface area contributed by atoms with E-state index in [0.717, 1.165) is 36.5 Å². The second-order valence-electron chi connectivity index (χ2n) is 5.33. The Morgan fingerprint density at radius 2 is 2.14 bits per heavy atom. The highest BCUT2D eigenvalue weighted by molar-refractivity contribution is 5.33. The summed E-state index contributed by atoms with van der Waals surface area (Å²) >= 11 is 0. The van der Waals surface area contributed by atoms with Crippen LogP contribution in [0.2, 0.25) is 0 Å². The molecule has 114 valence electrons. The topological polar surface area (TPSA) is 29.9 Å². The van der Waals surface area contributed by atoms with Crippen molar-refractivity contribution in [1.82, 2.24) is 14.9 Å². The fourth-order valence-corrected chi connectivity index (χ4v) is 2.59. The molecule has 1 atom stereocenters. The molecular weight excluding hydrogens is 265 g/mol. The number of nitrogens with zero attached hydrogens (tertiary/aromatic N) is 2. The number of benzene rings is 1. The number of aromatic nitrogens is 2. The minimum absolute atomic E-state index is 0.189. The number of halogens is 1. The Morgan fingerprint density at radius 3 is 2.86 bits per heavy atom. The predicted octanol–water partition coefficient (Wildman–Crippen LogP) is 3.69. The lowest BCUT2D eigenvalue weighted by atomic mass is 9.98. The van der Waals surface area contributed by atoms with Crippen LogP contribution in [0.3, 0.4) is 0 Å². The van der Waals surface area contributed by atoms with E-state index in [1.807, 2.05) is 12.3 Å². The van der Waals surface area contributed by atoms with Crippen molar-refractivity contribution in [2.24, 2.45) is 0 Å². The summed E-state index contributed by atoms with van der Waals surface area (Å²) in [6.07, 6.45) is 5.51. The van der Waals surface area contributed by atoms with Crippen molar-refractivity contribution >= 4 is 0 Å². The summed E-state index contributed by atoms with van der Waals surface area (Å²) in [5, 5.41) is 3.47. The van der Waals surface area contributed by atoms with E-state index in [-0.39, 0.29) is 11.9 Å². The zero-order valence-electron chi connectivity index (χ0n) is 13.1. The van der Waals surface area contributed by atoms with Gasteiger partial charge in [0.2, 0.25) is 0 Å². The summed E-state index contributed by atoms with van der Waals surface area (Å²) in [7, 11) is 0. The Hall–Kier alpha value is -1.68. The number of hydrogen-bond acceptors (Lipinski definition) is 2. The number of nitrogens with one attached hydrogen (secondary N) is 1. The summed E-state index contributed by atoms with van der Waals surface area (Å²) in [6, 6.07) is 5.27. The smallest absolute Gasteiger partial charge is 0.123 e. The van der Waals surface area contributed by atoms with E-state index >= 15 is 0 Å². The quantitative estimate of drug-likeness (QED) is 0.842. The Balaban J connectivity index is 2.26.